The highest BCUT2D eigenvalue weighted by molar-refractivity contribution is 5.94. The van der Waals surface area contributed by atoms with E-state index in [4.69, 9.17) is 15.3 Å². The zero-order valence-corrected chi connectivity index (χ0v) is 31.4. The molecule has 0 aliphatic rings. The number of aromatic carboxylic acids is 3. The van der Waals surface area contributed by atoms with Crippen molar-refractivity contribution >= 4 is 50.7 Å². The van der Waals surface area contributed by atoms with Crippen LogP contribution in [0.1, 0.15) is 47.8 Å². The van der Waals surface area contributed by atoms with Gasteiger partial charge in [0.15, 0.2) is 0 Å². The fraction of sp³-hybridized carbons (Fsp3) is 0.0667. The topological polar surface area (TPSA) is 165 Å². The zero-order chi connectivity index (χ0) is 42.3. The van der Waals surface area contributed by atoms with E-state index < -0.39 is 17.9 Å². The number of hydrogen-bond acceptors (Lipinski definition) is 6. The van der Waals surface area contributed by atoms with Gasteiger partial charge in [-0.3, -0.25) is 9.36 Å². The standard InChI is InChI=1S/3C15H11FN2O2/c16-13-5-1-10(2-6-13)9-18-14-7-11(15(19)20)3-4-12(14)8-17-18;16-13-5-1-10(2-6-13)8-18-9-12-4-3-11(15(19)20)7-14(12)17-18;16-13-3-1-10(2-4-13)9-18-6-5-11-7-12(15(19)20)8-17-14(11)18/h1-8H,9H2,(H,19,20);1-7,9H,8H2,(H,19,20);1-8H,9H2,(H,19,20). The number of aromatic nitrogens is 6. The maximum absolute atomic E-state index is 12.9. The van der Waals surface area contributed by atoms with Crippen LogP contribution in [0.4, 0.5) is 13.2 Å². The summed E-state index contributed by atoms with van der Waals surface area (Å²) in [5.41, 5.74) is 5.46. The molecule has 0 spiro atoms. The molecule has 0 bridgehead atoms. The summed E-state index contributed by atoms with van der Waals surface area (Å²) in [5, 5.41) is 38.0. The summed E-state index contributed by atoms with van der Waals surface area (Å²) in [7, 11) is 0. The molecule has 5 aromatic carbocycles. The molecular formula is C45H33F3N6O6. The fourth-order valence-electron chi connectivity index (χ4n) is 6.26. The van der Waals surface area contributed by atoms with E-state index in [9.17, 15) is 27.6 Å². The van der Waals surface area contributed by atoms with Gasteiger partial charge in [0.25, 0.3) is 0 Å². The highest BCUT2D eigenvalue weighted by Crippen LogP contribution is 2.20. The Hall–Kier alpha value is -8.07. The molecule has 9 aromatic rings. The van der Waals surface area contributed by atoms with E-state index in [0.717, 1.165) is 38.4 Å². The van der Waals surface area contributed by atoms with Crippen LogP contribution < -0.4 is 0 Å². The molecule has 60 heavy (non-hydrogen) atoms. The molecule has 9 rings (SSSR count). The van der Waals surface area contributed by atoms with Gasteiger partial charge in [-0.15, -0.1) is 0 Å². The summed E-state index contributed by atoms with van der Waals surface area (Å²) in [4.78, 5) is 37.0. The van der Waals surface area contributed by atoms with Gasteiger partial charge in [0, 0.05) is 41.3 Å². The highest BCUT2D eigenvalue weighted by atomic mass is 19.1. The van der Waals surface area contributed by atoms with E-state index in [0.29, 0.717) is 30.8 Å². The minimum Gasteiger partial charge on any atom is -0.478 e. The molecule has 0 saturated heterocycles. The number of nitrogens with zero attached hydrogens (tertiary/aromatic N) is 6. The fourth-order valence-corrected chi connectivity index (χ4v) is 6.26. The molecule has 0 fully saturated rings. The molecule has 0 radical (unpaired) electrons. The van der Waals surface area contributed by atoms with E-state index in [1.807, 2.05) is 23.0 Å². The lowest BCUT2D eigenvalue weighted by atomic mass is 10.1. The predicted octanol–water partition coefficient (Wildman–Crippen LogP) is 8.77. The molecule has 3 N–H and O–H groups in total. The zero-order valence-electron chi connectivity index (χ0n) is 31.4. The SMILES string of the molecule is O=C(O)c1ccc2cn(Cc3ccc(F)cc3)nc2c1.O=C(O)c1ccc2cnn(Cc3ccc(F)cc3)c2c1.O=C(O)c1cnc2c(ccn2Cc2ccc(F)cc2)c1. The van der Waals surface area contributed by atoms with Gasteiger partial charge in [0.05, 0.1) is 47.0 Å². The lowest BCUT2D eigenvalue weighted by Gasteiger charge is -2.05. The van der Waals surface area contributed by atoms with Gasteiger partial charge in [-0.05, 0) is 89.5 Å². The Kier molecular flexibility index (Phi) is 11.8. The number of pyridine rings is 1. The minimum absolute atomic E-state index is 0.164. The molecule has 12 nitrogen and oxygen atoms in total. The van der Waals surface area contributed by atoms with Gasteiger partial charge < -0.3 is 19.9 Å². The van der Waals surface area contributed by atoms with Crippen LogP contribution in [0.15, 0.2) is 146 Å². The predicted molar refractivity (Wildman–Crippen MR) is 217 cm³/mol. The van der Waals surface area contributed by atoms with Crippen molar-refractivity contribution in [1.29, 1.82) is 0 Å². The minimum atomic E-state index is -0.995. The Morgan fingerprint density at radius 1 is 0.533 bits per heavy atom. The smallest absolute Gasteiger partial charge is 0.337 e. The second-order valence-corrected chi connectivity index (χ2v) is 13.6. The number of hydrogen-bond donors (Lipinski definition) is 3. The first-order chi connectivity index (χ1) is 28.9. The molecule has 0 atom stereocenters. The molecule has 4 heterocycles. The Morgan fingerprint density at radius 2 is 1.07 bits per heavy atom. The largest absolute Gasteiger partial charge is 0.478 e. The number of fused-ring (bicyclic) bond motifs is 3. The Bertz CT molecular complexity index is 2950. The number of halogens is 3. The van der Waals surface area contributed by atoms with Crippen LogP contribution in [-0.2, 0) is 19.6 Å². The third-order valence-corrected chi connectivity index (χ3v) is 9.31. The molecule has 0 aliphatic carbocycles. The van der Waals surface area contributed by atoms with Gasteiger partial charge in [-0.1, -0.05) is 48.5 Å². The van der Waals surface area contributed by atoms with Crippen molar-refractivity contribution in [3.63, 3.8) is 0 Å². The first-order valence-electron chi connectivity index (χ1n) is 18.2. The van der Waals surface area contributed by atoms with E-state index in [-0.39, 0.29) is 34.1 Å². The van der Waals surface area contributed by atoms with Crippen molar-refractivity contribution in [3.8, 4) is 0 Å². The van der Waals surface area contributed by atoms with Crippen molar-refractivity contribution < 1.29 is 42.9 Å². The average Bonchev–Trinajstić information content (AvgIpc) is 3.96. The van der Waals surface area contributed by atoms with Crippen LogP contribution in [0.2, 0.25) is 0 Å². The van der Waals surface area contributed by atoms with Gasteiger partial charge >= 0.3 is 17.9 Å². The van der Waals surface area contributed by atoms with E-state index in [1.54, 1.807) is 94.4 Å². The van der Waals surface area contributed by atoms with Crippen LogP contribution >= 0.6 is 0 Å². The van der Waals surface area contributed by atoms with Gasteiger partial charge in [-0.2, -0.15) is 10.2 Å². The third-order valence-electron chi connectivity index (χ3n) is 9.31. The summed E-state index contributed by atoms with van der Waals surface area (Å²) in [6.45, 7) is 1.54. The number of carboxylic acid groups (broad SMARTS) is 3. The highest BCUT2D eigenvalue weighted by Gasteiger charge is 2.11. The average molecular weight is 811 g/mol. The van der Waals surface area contributed by atoms with E-state index in [1.165, 1.54) is 42.6 Å². The molecule has 0 aliphatic heterocycles. The van der Waals surface area contributed by atoms with Crippen LogP contribution in [0.5, 0.6) is 0 Å². The summed E-state index contributed by atoms with van der Waals surface area (Å²) in [5.74, 6) is -3.76. The van der Waals surface area contributed by atoms with Crippen LogP contribution in [0.25, 0.3) is 32.8 Å². The van der Waals surface area contributed by atoms with Crippen LogP contribution in [-0.4, -0.2) is 62.3 Å². The number of benzene rings is 5. The Labute approximate surface area is 338 Å². The van der Waals surface area contributed by atoms with E-state index >= 15 is 0 Å². The third kappa shape index (κ3) is 9.71. The molecule has 300 valence electrons. The summed E-state index contributed by atoms with van der Waals surface area (Å²) < 4.78 is 43.9. The lowest BCUT2D eigenvalue weighted by molar-refractivity contribution is 0.0686. The van der Waals surface area contributed by atoms with Crippen molar-refractivity contribution in [2.24, 2.45) is 0 Å². The number of rotatable bonds is 9. The van der Waals surface area contributed by atoms with Crippen molar-refractivity contribution in [3.05, 3.63) is 197 Å². The van der Waals surface area contributed by atoms with Gasteiger partial charge in [0.2, 0.25) is 0 Å². The molecule has 15 heteroatoms. The van der Waals surface area contributed by atoms with Crippen molar-refractivity contribution in [2.45, 2.75) is 19.6 Å². The van der Waals surface area contributed by atoms with Gasteiger partial charge in [0.1, 0.15) is 23.1 Å². The lowest BCUT2D eigenvalue weighted by Crippen LogP contribution is -2.02. The van der Waals surface area contributed by atoms with Crippen molar-refractivity contribution in [1.82, 2.24) is 29.1 Å². The molecule has 0 saturated carbocycles. The normalized spacial score (nSPS) is 10.8. The second kappa shape index (κ2) is 17.6. The summed E-state index contributed by atoms with van der Waals surface area (Å²) in [6.07, 6.45) is 6.70. The van der Waals surface area contributed by atoms with Crippen molar-refractivity contribution in [2.75, 3.05) is 0 Å². The maximum atomic E-state index is 12.9. The monoisotopic (exact) mass is 810 g/mol. The first-order valence-corrected chi connectivity index (χ1v) is 18.2. The quantitative estimate of drug-likeness (QED) is 0.129. The molecule has 4 aromatic heterocycles. The molecule has 0 amide bonds. The summed E-state index contributed by atoms with van der Waals surface area (Å²) >= 11 is 0. The summed E-state index contributed by atoms with van der Waals surface area (Å²) in [6, 6.07) is 31.7. The number of carbonyl (C=O) groups is 3. The first kappa shape index (κ1) is 40.1. The maximum Gasteiger partial charge on any atom is 0.337 e. The van der Waals surface area contributed by atoms with E-state index in [2.05, 4.69) is 15.2 Å². The number of carboxylic acids is 3. The molecular weight excluding hydrogens is 778 g/mol. The second-order valence-electron chi connectivity index (χ2n) is 13.6. The molecule has 0 unspecified atom stereocenters. The van der Waals surface area contributed by atoms with Crippen LogP contribution in [0, 0.1) is 17.5 Å². The van der Waals surface area contributed by atoms with Gasteiger partial charge in [-0.25, -0.2) is 32.5 Å². The Morgan fingerprint density at radius 3 is 1.65 bits per heavy atom. The van der Waals surface area contributed by atoms with Crippen LogP contribution in [0.3, 0.4) is 0 Å². The Balaban J connectivity index is 0.000000136.